The minimum Gasteiger partial charge on any atom is -0.323 e. The van der Waals surface area contributed by atoms with Crippen LogP contribution in [0.5, 0.6) is 0 Å². The van der Waals surface area contributed by atoms with E-state index in [9.17, 15) is 9.59 Å². The first-order valence-electron chi connectivity index (χ1n) is 9.06. The quantitative estimate of drug-likeness (QED) is 0.577. The van der Waals surface area contributed by atoms with E-state index >= 15 is 0 Å². The molecular weight excluding hydrogens is 404 g/mol. The number of fused-ring (bicyclic) bond motifs is 2. The maximum Gasteiger partial charge on any atom is 0.266 e. The summed E-state index contributed by atoms with van der Waals surface area (Å²) < 4.78 is 0. The van der Waals surface area contributed by atoms with Crippen molar-refractivity contribution in [2.75, 3.05) is 10.2 Å². The van der Waals surface area contributed by atoms with Crippen LogP contribution in [0.2, 0.25) is 5.02 Å². The summed E-state index contributed by atoms with van der Waals surface area (Å²) in [6.07, 6.45) is 1.83. The number of benzene rings is 3. The second kappa shape index (κ2) is 6.79. The summed E-state index contributed by atoms with van der Waals surface area (Å²) in [5.74, 6) is -0.448. The van der Waals surface area contributed by atoms with Crippen LogP contribution in [-0.2, 0) is 14.5 Å². The van der Waals surface area contributed by atoms with Crippen LogP contribution in [0, 0.1) is 0 Å². The Morgan fingerprint density at radius 3 is 2.34 bits per heavy atom. The van der Waals surface area contributed by atoms with Gasteiger partial charge in [0.05, 0.1) is 4.91 Å². The van der Waals surface area contributed by atoms with E-state index in [1.807, 2.05) is 60.7 Å². The minimum absolute atomic E-state index is 0.215. The molecule has 1 atom stereocenters. The maximum atomic E-state index is 13.5. The number of amides is 2. The Labute approximate surface area is 177 Å². The number of nitrogens with zero attached hydrogens (tertiary/aromatic N) is 1. The number of hydrogen-bond acceptors (Lipinski definition) is 3. The number of hydrogen-bond donors (Lipinski definition) is 1. The van der Waals surface area contributed by atoms with Gasteiger partial charge in [-0.1, -0.05) is 71.9 Å². The number of anilines is 2. The molecule has 1 fully saturated rings. The van der Waals surface area contributed by atoms with Crippen molar-refractivity contribution in [3.8, 4) is 0 Å². The van der Waals surface area contributed by atoms with E-state index in [0.717, 1.165) is 16.8 Å². The van der Waals surface area contributed by atoms with E-state index < -0.39 is 4.87 Å². The first-order chi connectivity index (χ1) is 14.1. The maximum absolute atomic E-state index is 13.5. The molecule has 3 aromatic rings. The van der Waals surface area contributed by atoms with Crippen LogP contribution in [-0.4, -0.2) is 11.8 Å². The number of carbonyl (C=O) groups is 2. The first-order valence-corrected chi connectivity index (χ1v) is 10.3. The smallest absolute Gasteiger partial charge is 0.266 e. The zero-order chi connectivity index (χ0) is 20.0. The van der Waals surface area contributed by atoms with Crippen LogP contribution >= 0.6 is 23.4 Å². The van der Waals surface area contributed by atoms with Crippen LogP contribution in [0.3, 0.4) is 0 Å². The molecule has 2 heterocycles. The van der Waals surface area contributed by atoms with Gasteiger partial charge in [0.25, 0.3) is 11.8 Å². The summed E-state index contributed by atoms with van der Waals surface area (Å²) in [6.45, 7) is 0. The van der Waals surface area contributed by atoms with Gasteiger partial charge in [-0.05, 0) is 42.0 Å². The molecule has 2 aliphatic rings. The van der Waals surface area contributed by atoms with Gasteiger partial charge < -0.3 is 5.32 Å². The van der Waals surface area contributed by atoms with E-state index in [2.05, 4.69) is 5.32 Å². The van der Waals surface area contributed by atoms with Gasteiger partial charge in [-0.3, -0.25) is 14.5 Å². The Morgan fingerprint density at radius 2 is 1.59 bits per heavy atom. The van der Waals surface area contributed by atoms with Gasteiger partial charge in [0.2, 0.25) is 4.87 Å². The van der Waals surface area contributed by atoms with Crippen LogP contribution in [0.1, 0.15) is 11.1 Å². The molecule has 3 aromatic carbocycles. The molecule has 4 nitrogen and oxygen atoms in total. The van der Waals surface area contributed by atoms with E-state index in [4.69, 9.17) is 11.6 Å². The fourth-order valence-corrected chi connectivity index (χ4v) is 5.25. The Morgan fingerprint density at radius 1 is 0.897 bits per heavy atom. The van der Waals surface area contributed by atoms with Crippen LogP contribution < -0.4 is 10.2 Å². The van der Waals surface area contributed by atoms with Gasteiger partial charge in [0, 0.05) is 22.0 Å². The number of halogens is 1. The van der Waals surface area contributed by atoms with E-state index in [-0.39, 0.29) is 11.8 Å². The number of para-hydroxylation sites is 1. The number of thioether (sulfide) groups is 1. The lowest BCUT2D eigenvalue weighted by atomic mass is 10.0. The van der Waals surface area contributed by atoms with E-state index in [1.54, 1.807) is 29.2 Å². The van der Waals surface area contributed by atoms with Crippen molar-refractivity contribution in [2.24, 2.45) is 0 Å². The van der Waals surface area contributed by atoms with Crippen LogP contribution in [0.15, 0.2) is 83.8 Å². The Hall–Kier alpha value is -3.02. The lowest BCUT2D eigenvalue weighted by molar-refractivity contribution is -0.121. The fraction of sp³-hybridized carbons (Fsp3) is 0.0435. The van der Waals surface area contributed by atoms with E-state index in [0.29, 0.717) is 15.6 Å². The highest BCUT2D eigenvalue weighted by Gasteiger charge is 2.60. The molecule has 0 bridgehead atoms. The summed E-state index contributed by atoms with van der Waals surface area (Å²) in [5, 5.41) is 3.51. The van der Waals surface area contributed by atoms with Crippen LogP contribution in [0.4, 0.5) is 11.4 Å². The molecular formula is C23H15ClN2O2S. The molecule has 29 heavy (non-hydrogen) atoms. The lowest BCUT2D eigenvalue weighted by Gasteiger charge is -2.31. The second-order valence-electron chi connectivity index (χ2n) is 6.78. The van der Waals surface area contributed by atoms with Crippen molar-refractivity contribution in [2.45, 2.75) is 4.87 Å². The zero-order valence-corrected chi connectivity index (χ0v) is 16.7. The van der Waals surface area contributed by atoms with Gasteiger partial charge in [-0.15, -0.1) is 0 Å². The first kappa shape index (κ1) is 18.0. The lowest BCUT2D eigenvalue weighted by Crippen LogP contribution is -2.47. The molecule has 1 spiro atoms. The Kier molecular flexibility index (Phi) is 4.23. The molecule has 142 valence electrons. The highest BCUT2D eigenvalue weighted by molar-refractivity contribution is 8.06. The standard InChI is InChI=1S/C23H15ClN2O2S/c24-16-10-12-17(13-11-16)26-21(27)20(14-15-6-2-1-3-7-15)29-23(26)18-8-4-5-9-19(18)25-22(23)28/h1-14H,(H,25,28)/b20-14-/t23-/m1/s1. The summed E-state index contributed by atoms with van der Waals surface area (Å²) in [4.78, 5) is 27.7. The molecule has 0 saturated carbocycles. The summed E-state index contributed by atoms with van der Waals surface area (Å²) in [7, 11) is 0. The van der Waals surface area contributed by atoms with Gasteiger partial charge >= 0.3 is 0 Å². The third kappa shape index (κ3) is 2.77. The highest BCUT2D eigenvalue weighted by Crippen LogP contribution is 2.57. The van der Waals surface area contributed by atoms with Crippen molar-refractivity contribution in [3.05, 3.63) is 99.9 Å². The normalized spacial score (nSPS) is 21.7. The third-order valence-electron chi connectivity index (χ3n) is 5.02. The Balaban J connectivity index is 1.72. The van der Waals surface area contributed by atoms with Crippen molar-refractivity contribution in [3.63, 3.8) is 0 Å². The molecule has 2 amide bonds. The van der Waals surface area contributed by atoms with E-state index in [1.165, 1.54) is 11.8 Å². The molecule has 1 saturated heterocycles. The average molecular weight is 419 g/mol. The highest BCUT2D eigenvalue weighted by atomic mass is 35.5. The zero-order valence-electron chi connectivity index (χ0n) is 15.1. The summed E-state index contributed by atoms with van der Waals surface area (Å²) in [5.41, 5.74) is 3.02. The average Bonchev–Trinajstić information content (AvgIpc) is 3.18. The Bertz CT molecular complexity index is 1160. The molecule has 0 aromatic heterocycles. The molecule has 5 rings (SSSR count). The molecule has 1 N–H and O–H groups in total. The van der Waals surface area contributed by atoms with Crippen molar-refractivity contribution < 1.29 is 9.59 Å². The number of rotatable bonds is 2. The van der Waals surface area contributed by atoms with Crippen molar-refractivity contribution in [1.82, 2.24) is 0 Å². The molecule has 2 aliphatic heterocycles. The molecule has 0 unspecified atom stereocenters. The number of carbonyl (C=O) groups excluding carboxylic acids is 2. The number of nitrogens with one attached hydrogen (secondary N) is 1. The van der Waals surface area contributed by atoms with Gasteiger partial charge in [-0.25, -0.2) is 0 Å². The molecule has 0 radical (unpaired) electrons. The van der Waals surface area contributed by atoms with Gasteiger partial charge in [0.1, 0.15) is 0 Å². The van der Waals surface area contributed by atoms with Crippen LogP contribution in [0.25, 0.3) is 6.08 Å². The monoisotopic (exact) mass is 418 g/mol. The van der Waals surface area contributed by atoms with Gasteiger partial charge in [-0.2, -0.15) is 0 Å². The van der Waals surface area contributed by atoms with Gasteiger partial charge in [0.15, 0.2) is 0 Å². The fourth-order valence-electron chi connectivity index (χ4n) is 3.72. The van der Waals surface area contributed by atoms with Crippen molar-refractivity contribution >= 4 is 52.6 Å². The third-order valence-corrected chi connectivity index (χ3v) is 6.66. The minimum atomic E-state index is -1.19. The molecule has 6 heteroatoms. The predicted octanol–water partition coefficient (Wildman–Crippen LogP) is 5.27. The predicted molar refractivity (Wildman–Crippen MR) is 118 cm³/mol. The molecule has 0 aliphatic carbocycles. The van der Waals surface area contributed by atoms with Crippen molar-refractivity contribution in [1.29, 1.82) is 0 Å². The SMILES string of the molecule is O=C1/C(=C/c2ccccc2)S[C@]2(C(=O)Nc3ccccc32)N1c1ccc(Cl)cc1. The second-order valence-corrected chi connectivity index (χ2v) is 8.45. The largest absolute Gasteiger partial charge is 0.323 e. The summed E-state index contributed by atoms with van der Waals surface area (Å²) >= 11 is 7.33. The summed E-state index contributed by atoms with van der Waals surface area (Å²) in [6, 6.07) is 24.1. The topological polar surface area (TPSA) is 49.4 Å².